The summed E-state index contributed by atoms with van der Waals surface area (Å²) in [6.07, 6.45) is -3.62. The average molecular weight is 282 g/mol. The highest BCUT2D eigenvalue weighted by atomic mass is 19.4. The summed E-state index contributed by atoms with van der Waals surface area (Å²) in [5, 5.41) is 11.4. The van der Waals surface area contributed by atoms with Crippen LogP contribution in [0.15, 0.2) is 24.3 Å². The van der Waals surface area contributed by atoms with E-state index >= 15 is 0 Å². The smallest absolute Gasteiger partial charge is 0.315 e. The molecule has 1 aliphatic rings. The topological polar surface area (TPSA) is 42.7 Å². The van der Waals surface area contributed by atoms with Crippen molar-refractivity contribution in [3.8, 4) is 11.4 Å². The van der Waals surface area contributed by atoms with Crippen LogP contribution in [0.4, 0.5) is 13.2 Å². The number of aromatic nitrogens is 3. The molecule has 3 rings (SSSR count). The van der Waals surface area contributed by atoms with Crippen LogP contribution in [-0.2, 0) is 19.1 Å². The van der Waals surface area contributed by atoms with Crippen molar-refractivity contribution < 1.29 is 13.2 Å². The average Bonchev–Trinajstić information content (AvgIpc) is 2.67. The zero-order chi connectivity index (χ0) is 14.2. The molecule has 0 atom stereocenters. The van der Waals surface area contributed by atoms with Crippen molar-refractivity contribution in [2.75, 3.05) is 13.1 Å². The summed E-state index contributed by atoms with van der Waals surface area (Å²) in [6, 6.07) is 5.21. The highest BCUT2D eigenvalue weighted by molar-refractivity contribution is 5.57. The Morgan fingerprint density at radius 1 is 1.15 bits per heavy atom. The quantitative estimate of drug-likeness (QED) is 0.871. The van der Waals surface area contributed by atoms with E-state index in [-0.39, 0.29) is 0 Å². The van der Waals surface area contributed by atoms with Gasteiger partial charge in [-0.05, 0) is 12.1 Å². The van der Waals surface area contributed by atoms with E-state index in [1.807, 2.05) is 4.57 Å². The van der Waals surface area contributed by atoms with E-state index in [9.17, 15) is 13.2 Å². The number of halogens is 3. The van der Waals surface area contributed by atoms with E-state index in [1.54, 1.807) is 6.07 Å². The molecule has 0 aliphatic carbocycles. The van der Waals surface area contributed by atoms with Gasteiger partial charge in [-0.3, -0.25) is 0 Å². The summed E-state index contributed by atoms with van der Waals surface area (Å²) < 4.78 is 40.2. The van der Waals surface area contributed by atoms with Crippen LogP contribution in [0.2, 0.25) is 0 Å². The van der Waals surface area contributed by atoms with Gasteiger partial charge >= 0.3 is 6.18 Å². The second-order valence-corrected chi connectivity index (χ2v) is 4.67. The number of hydrogen-bond donors (Lipinski definition) is 1. The van der Waals surface area contributed by atoms with Crippen LogP contribution < -0.4 is 5.32 Å². The van der Waals surface area contributed by atoms with Crippen molar-refractivity contribution in [3.63, 3.8) is 0 Å². The standard InChI is InChI=1S/C13H13F3N4/c14-13(15,16)10-3-1-2-9(8-10)12-19-18-11-4-5-17-6-7-20(11)12/h1-3,8,17H,4-7H2. The van der Waals surface area contributed by atoms with Crippen molar-refractivity contribution in [2.24, 2.45) is 0 Å². The lowest BCUT2D eigenvalue weighted by atomic mass is 10.1. The summed E-state index contributed by atoms with van der Waals surface area (Å²) in [5.74, 6) is 1.30. The van der Waals surface area contributed by atoms with Gasteiger partial charge in [0, 0.05) is 31.6 Å². The van der Waals surface area contributed by atoms with Crippen LogP contribution in [0.3, 0.4) is 0 Å². The number of hydrogen-bond acceptors (Lipinski definition) is 3. The monoisotopic (exact) mass is 282 g/mol. The maximum atomic E-state index is 12.8. The van der Waals surface area contributed by atoms with Crippen molar-refractivity contribution in [3.05, 3.63) is 35.7 Å². The largest absolute Gasteiger partial charge is 0.416 e. The molecule has 1 aromatic heterocycles. The van der Waals surface area contributed by atoms with Gasteiger partial charge in [-0.2, -0.15) is 13.2 Å². The molecule has 0 amide bonds. The molecule has 0 unspecified atom stereocenters. The number of rotatable bonds is 1. The Hall–Kier alpha value is -1.89. The molecule has 1 N–H and O–H groups in total. The Labute approximate surface area is 113 Å². The maximum Gasteiger partial charge on any atom is 0.416 e. The van der Waals surface area contributed by atoms with E-state index in [0.29, 0.717) is 17.9 Å². The molecule has 20 heavy (non-hydrogen) atoms. The number of fused-ring (bicyclic) bond motifs is 1. The molecule has 1 aliphatic heterocycles. The fourth-order valence-corrected chi connectivity index (χ4v) is 2.32. The van der Waals surface area contributed by atoms with E-state index in [2.05, 4.69) is 15.5 Å². The van der Waals surface area contributed by atoms with Gasteiger partial charge in [0.05, 0.1) is 5.56 Å². The van der Waals surface area contributed by atoms with Gasteiger partial charge in [0.15, 0.2) is 5.82 Å². The van der Waals surface area contributed by atoms with Crippen LogP contribution in [-0.4, -0.2) is 27.9 Å². The second-order valence-electron chi connectivity index (χ2n) is 4.67. The van der Waals surface area contributed by atoms with Crippen LogP contribution in [0.1, 0.15) is 11.4 Å². The molecular weight excluding hydrogens is 269 g/mol. The maximum absolute atomic E-state index is 12.8. The van der Waals surface area contributed by atoms with Crippen LogP contribution in [0.5, 0.6) is 0 Å². The van der Waals surface area contributed by atoms with Crippen molar-refractivity contribution >= 4 is 0 Å². The molecule has 0 fully saturated rings. The van der Waals surface area contributed by atoms with Gasteiger partial charge in [-0.15, -0.1) is 10.2 Å². The van der Waals surface area contributed by atoms with E-state index in [4.69, 9.17) is 0 Å². The molecular formula is C13H13F3N4. The highest BCUT2D eigenvalue weighted by Crippen LogP contribution is 2.31. The molecule has 0 bridgehead atoms. The fraction of sp³-hybridized carbons (Fsp3) is 0.385. The molecule has 2 aromatic rings. The van der Waals surface area contributed by atoms with Crippen molar-refractivity contribution in [1.29, 1.82) is 0 Å². The number of alkyl halides is 3. The van der Waals surface area contributed by atoms with Gasteiger partial charge in [0.2, 0.25) is 0 Å². The first kappa shape index (κ1) is 13.1. The third kappa shape index (κ3) is 2.40. The molecule has 2 heterocycles. The number of benzene rings is 1. The summed E-state index contributed by atoms with van der Waals surface area (Å²) in [7, 11) is 0. The lowest BCUT2D eigenvalue weighted by Gasteiger charge is -2.10. The SMILES string of the molecule is FC(F)(F)c1cccc(-c2nnc3n2CCNCC3)c1. The Morgan fingerprint density at radius 2 is 2.00 bits per heavy atom. The van der Waals surface area contributed by atoms with Crippen LogP contribution in [0, 0.1) is 0 Å². The Morgan fingerprint density at radius 3 is 2.80 bits per heavy atom. The first-order valence-corrected chi connectivity index (χ1v) is 6.36. The minimum absolute atomic E-state index is 0.445. The first-order valence-electron chi connectivity index (χ1n) is 6.36. The van der Waals surface area contributed by atoms with Crippen LogP contribution in [0.25, 0.3) is 11.4 Å². The zero-order valence-electron chi connectivity index (χ0n) is 10.6. The molecule has 0 radical (unpaired) electrons. The second kappa shape index (κ2) is 4.90. The van der Waals surface area contributed by atoms with Crippen molar-refractivity contribution in [1.82, 2.24) is 20.1 Å². The molecule has 106 valence electrons. The first-order chi connectivity index (χ1) is 9.55. The van der Waals surface area contributed by atoms with Gasteiger partial charge in [-0.25, -0.2) is 0 Å². The highest BCUT2D eigenvalue weighted by Gasteiger charge is 2.31. The Bertz CT molecular complexity index is 618. The van der Waals surface area contributed by atoms with Gasteiger partial charge < -0.3 is 9.88 Å². The van der Waals surface area contributed by atoms with Gasteiger partial charge in [0.25, 0.3) is 0 Å². The predicted octanol–water partition coefficient (Wildman–Crippen LogP) is 2.11. The van der Waals surface area contributed by atoms with E-state index < -0.39 is 11.7 Å². The molecule has 0 spiro atoms. The summed E-state index contributed by atoms with van der Waals surface area (Å²) >= 11 is 0. The molecule has 7 heteroatoms. The molecule has 0 saturated carbocycles. The van der Waals surface area contributed by atoms with E-state index in [0.717, 1.165) is 37.5 Å². The van der Waals surface area contributed by atoms with Crippen molar-refractivity contribution in [2.45, 2.75) is 19.1 Å². The fourth-order valence-electron chi connectivity index (χ4n) is 2.32. The van der Waals surface area contributed by atoms with Crippen LogP contribution >= 0.6 is 0 Å². The lowest BCUT2D eigenvalue weighted by molar-refractivity contribution is -0.137. The summed E-state index contributed by atoms with van der Waals surface area (Å²) in [5.41, 5.74) is -0.223. The Balaban J connectivity index is 2.04. The normalized spacial score (nSPS) is 15.8. The van der Waals surface area contributed by atoms with Gasteiger partial charge in [-0.1, -0.05) is 12.1 Å². The predicted molar refractivity (Wildman–Crippen MR) is 67.0 cm³/mol. The molecule has 4 nitrogen and oxygen atoms in total. The molecule has 0 saturated heterocycles. The third-order valence-electron chi connectivity index (χ3n) is 3.31. The van der Waals surface area contributed by atoms with Gasteiger partial charge in [0.1, 0.15) is 5.82 Å². The third-order valence-corrected chi connectivity index (χ3v) is 3.31. The van der Waals surface area contributed by atoms with E-state index in [1.165, 1.54) is 6.07 Å². The minimum atomic E-state index is -4.35. The summed E-state index contributed by atoms with van der Waals surface area (Å²) in [4.78, 5) is 0. The minimum Gasteiger partial charge on any atom is -0.315 e. The Kier molecular flexibility index (Phi) is 3.21. The number of nitrogens with zero attached hydrogens (tertiary/aromatic N) is 3. The zero-order valence-corrected chi connectivity index (χ0v) is 10.6. The lowest BCUT2D eigenvalue weighted by Crippen LogP contribution is -2.17. The summed E-state index contributed by atoms with van der Waals surface area (Å²) in [6.45, 7) is 2.23. The number of nitrogens with one attached hydrogen (secondary N) is 1. The molecule has 1 aromatic carbocycles.